The summed E-state index contributed by atoms with van der Waals surface area (Å²) in [4.78, 5) is 29.6. The summed E-state index contributed by atoms with van der Waals surface area (Å²) in [6.45, 7) is 7.49. The minimum atomic E-state index is -0.981. The quantitative estimate of drug-likeness (QED) is 0.717. The molecule has 0 amide bonds. The summed E-state index contributed by atoms with van der Waals surface area (Å²) in [7, 11) is 0. The molecule has 2 rings (SSSR count). The van der Waals surface area contributed by atoms with Crippen LogP contribution in [0.4, 0.5) is 0 Å². The minimum absolute atomic E-state index is 0.0672. The number of rotatable bonds is 7. The Bertz CT molecular complexity index is 606. The molecule has 1 aromatic rings. The Hall–Kier alpha value is -1.97. The Labute approximate surface area is 138 Å². The monoisotopic (exact) mass is 315 g/mol. The van der Waals surface area contributed by atoms with Crippen LogP contribution in [0, 0.1) is 5.92 Å². The Morgan fingerprint density at radius 3 is 2.39 bits per heavy atom. The zero-order chi connectivity index (χ0) is 17.0. The second-order valence-electron chi connectivity index (χ2n) is 6.48. The van der Waals surface area contributed by atoms with Gasteiger partial charge in [-0.1, -0.05) is 57.5 Å². The van der Waals surface area contributed by atoms with Crippen LogP contribution in [0.25, 0.3) is 0 Å². The summed E-state index contributed by atoms with van der Waals surface area (Å²) in [6, 6.07) is 9.72. The highest BCUT2D eigenvalue weighted by Gasteiger charge is 2.51. The van der Waals surface area contributed by atoms with E-state index in [1.807, 2.05) is 51.1 Å². The lowest BCUT2D eigenvalue weighted by molar-refractivity contribution is -0.140. The first-order valence-electron chi connectivity index (χ1n) is 8.27. The van der Waals surface area contributed by atoms with Gasteiger partial charge in [0.1, 0.15) is 5.78 Å². The van der Waals surface area contributed by atoms with Gasteiger partial charge in [0.15, 0.2) is 11.4 Å². The van der Waals surface area contributed by atoms with Crippen molar-refractivity contribution in [3.8, 4) is 0 Å². The molecule has 0 saturated carbocycles. The number of cyclic esters (lactones) is 1. The fourth-order valence-electron chi connectivity index (χ4n) is 3.19. The van der Waals surface area contributed by atoms with E-state index in [1.54, 1.807) is 6.92 Å². The van der Waals surface area contributed by atoms with Gasteiger partial charge in [-0.05, 0) is 12.0 Å². The average Bonchev–Trinajstić information content (AvgIpc) is 2.80. The van der Waals surface area contributed by atoms with E-state index < -0.39 is 5.54 Å². The minimum Gasteiger partial charge on any atom is -0.410 e. The number of ether oxygens (including phenoxy) is 1. The predicted octanol–water partition coefficient (Wildman–Crippen LogP) is 3.90. The van der Waals surface area contributed by atoms with Gasteiger partial charge in [-0.3, -0.25) is 4.79 Å². The van der Waals surface area contributed by atoms with Crippen molar-refractivity contribution in [1.82, 2.24) is 0 Å². The average molecular weight is 315 g/mol. The topological polar surface area (TPSA) is 55.7 Å². The van der Waals surface area contributed by atoms with Gasteiger partial charge in [0.05, 0.1) is 0 Å². The predicted molar refractivity (Wildman–Crippen MR) is 90.5 cm³/mol. The first-order chi connectivity index (χ1) is 10.9. The lowest BCUT2D eigenvalue weighted by atomic mass is 9.73. The second-order valence-corrected chi connectivity index (χ2v) is 6.48. The number of carbonyl (C=O) groups is 2. The summed E-state index contributed by atoms with van der Waals surface area (Å²) in [5.41, 5.74) is -0.0181. The molecule has 0 unspecified atom stereocenters. The van der Waals surface area contributed by atoms with Crippen molar-refractivity contribution in [1.29, 1.82) is 0 Å². The van der Waals surface area contributed by atoms with E-state index >= 15 is 0 Å². The van der Waals surface area contributed by atoms with Crippen LogP contribution in [0.5, 0.6) is 0 Å². The van der Waals surface area contributed by atoms with Crippen molar-refractivity contribution in [3.63, 3.8) is 0 Å². The second kappa shape index (κ2) is 7.07. The Morgan fingerprint density at radius 2 is 1.91 bits per heavy atom. The molecule has 0 N–H and O–H groups in total. The molecule has 0 saturated heterocycles. The lowest BCUT2D eigenvalue weighted by Crippen LogP contribution is -2.42. The molecule has 0 aliphatic carbocycles. The smallest absolute Gasteiger partial charge is 0.341 e. The van der Waals surface area contributed by atoms with Crippen LogP contribution in [0.15, 0.2) is 35.3 Å². The Morgan fingerprint density at radius 1 is 1.26 bits per heavy atom. The van der Waals surface area contributed by atoms with E-state index in [4.69, 9.17) is 4.74 Å². The maximum absolute atomic E-state index is 12.6. The van der Waals surface area contributed by atoms with Crippen LogP contribution < -0.4 is 0 Å². The number of aliphatic imine (C=N–C) groups is 1. The van der Waals surface area contributed by atoms with E-state index in [0.717, 1.165) is 12.0 Å². The van der Waals surface area contributed by atoms with Gasteiger partial charge in [-0.15, -0.1) is 0 Å². The Kier molecular flexibility index (Phi) is 5.34. The van der Waals surface area contributed by atoms with Crippen LogP contribution in [0.2, 0.25) is 0 Å². The number of carbonyl (C=O) groups excluding carboxylic acids is 2. The van der Waals surface area contributed by atoms with Gasteiger partial charge in [-0.25, -0.2) is 9.79 Å². The molecule has 23 heavy (non-hydrogen) atoms. The molecular weight excluding hydrogens is 290 g/mol. The number of Topliss-reactive ketones (excluding diaryl/α,β-unsaturated/α-hetero) is 1. The van der Waals surface area contributed by atoms with E-state index in [1.165, 1.54) is 0 Å². The number of nitrogens with zero attached hydrogens (tertiary/aromatic N) is 1. The molecule has 1 aromatic carbocycles. The van der Waals surface area contributed by atoms with Crippen molar-refractivity contribution in [2.45, 2.75) is 58.4 Å². The highest BCUT2D eigenvalue weighted by molar-refractivity contribution is 6.00. The molecule has 0 radical (unpaired) electrons. The Balaban J connectivity index is 2.50. The molecule has 1 aliphatic rings. The van der Waals surface area contributed by atoms with Crippen LogP contribution in [0.3, 0.4) is 0 Å². The summed E-state index contributed by atoms with van der Waals surface area (Å²) in [5.74, 6) is -0.156. The van der Waals surface area contributed by atoms with Gasteiger partial charge in [0.2, 0.25) is 0 Å². The molecule has 4 nitrogen and oxygen atoms in total. The molecule has 2 atom stereocenters. The number of esters is 1. The molecular formula is C19H25NO3. The van der Waals surface area contributed by atoms with Crippen LogP contribution in [-0.4, -0.2) is 23.2 Å². The van der Waals surface area contributed by atoms with Gasteiger partial charge in [0, 0.05) is 25.2 Å². The molecule has 0 spiro atoms. The molecule has 0 aromatic heterocycles. The van der Waals surface area contributed by atoms with Crippen LogP contribution >= 0.6 is 0 Å². The first-order valence-corrected chi connectivity index (χ1v) is 8.27. The number of hydrogen-bond acceptors (Lipinski definition) is 4. The van der Waals surface area contributed by atoms with Crippen molar-refractivity contribution in [2.24, 2.45) is 10.9 Å². The third-order valence-electron chi connectivity index (χ3n) is 4.41. The van der Waals surface area contributed by atoms with E-state index in [0.29, 0.717) is 18.7 Å². The van der Waals surface area contributed by atoms with Gasteiger partial charge >= 0.3 is 5.97 Å². The zero-order valence-electron chi connectivity index (χ0n) is 14.3. The molecule has 1 aliphatic heterocycles. The number of benzene rings is 1. The summed E-state index contributed by atoms with van der Waals surface area (Å²) in [6.07, 6.45) is 1.67. The molecule has 0 fully saturated rings. The van der Waals surface area contributed by atoms with Crippen molar-refractivity contribution >= 4 is 17.7 Å². The van der Waals surface area contributed by atoms with Crippen molar-refractivity contribution in [3.05, 3.63) is 35.9 Å². The number of ketones is 1. The van der Waals surface area contributed by atoms with Crippen LogP contribution in [0.1, 0.15) is 58.4 Å². The standard InChI is InChI=1S/C19H25NO3/c1-5-11-19(18(22)23-14(4)20-19)16(12-17(21)13(2)3)15-9-7-6-8-10-15/h6-10,13,16H,5,11-12H2,1-4H3/t16-,19-/m1/s1. The van der Waals surface area contributed by atoms with Crippen molar-refractivity contribution in [2.75, 3.05) is 0 Å². The summed E-state index contributed by atoms with van der Waals surface area (Å²) in [5, 5.41) is 0. The normalized spacial score (nSPS) is 22.0. The van der Waals surface area contributed by atoms with Crippen LogP contribution in [-0.2, 0) is 14.3 Å². The van der Waals surface area contributed by atoms with Gasteiger partial charge in [-0.2, -0.15) is 0 Å². The fourth-order valence-corrected chi connectivity index (χ4v) is 3.19. The number of hydrogen-bond donors (Lipinski definition) is 0. The lowest BCUT2D eigenvalue weighted by Gasteiger charge is -2.32. The molecule has 1 heterocycles. The molecule has 0 bridgehead atoms. The SMILES string of the molecule is CCC[C@]1([C@H](CC(=O)C(C)C)c2ccccc2)N=C(C)OC1=O. The maximum atomic E-state index is 12.6. The van der Waals surface area contributed by atoms with E-state index in [-0.39, 0.29) is 23.6 Å². The zero-order valence-corrected chi connectivity index (χ0v) is 14.3. The highest BCUT2D eigenvalue weighted by atomic mass is 16.6. The van der Waals surface area contributed by atoms with Gasteiger partial charge in [0.25, 0.3) is 0 Å². The van der Waals surface area contributed by atoms with Gasteiger partial charge < -0.3 is 4.74 Å². The summed E-state index contributed by atoms with van der Waals surface area (Å²) >= 11 is 0. The largest absolute Gasteiger partial charge is 0.410 e. The summed E-state index contributed by atoms with van der Waals surface area (Å²) < 4.78 is 5.27. The van der Waals surface area contributed by atoms with Crippen molar-refractivity contribution < 1.29 is 14.3 Å². The van der Waals surface area contributed by atoms with E-state index in [2.05, 4.69) is 4.99 Å². The molecule has 4 heteroatoms. The molecule has 124 valence electrons. The maximum Gasteiger partial charge on any atom is 0.341 e. The first kappa shape index (κ1) is 17.4. The van der Waals surface area contributed by atoms with E-state index in [9.17, 15) is 9.59 Å². The highest BCUT2D eigenvalue weighted by Crippen LogP contribution is 2.42. The third-order valence-corrected chi connectivity index (χ3v) is 4.41. The fraction of sp³-hybridized carbons (Fsp3) is 0.526. The third kappa shape index (κ3) is 3.52.